The molecule has 3 N–H and O–H groups in total. The number of carbonyl (C=O) groups is 2. The zero-order valence-corrected chi connectivity index (χ0v) is 11.5. The third-order valence-electron chi connectivity index (χ3n) is 2.24. The number of pyridine rings is 1. The number of rotatable bonds is 6. The fourth-order valence-corrected chi connectivity index (χ4v) is 1.46. The Labute approximate surface area is 113 Å². The van der Waals surface area contributed by atoms with Crippen LogP contribution in [-0.2, 0) is 4.79 Å². The van der Waals surface area contributed by atoms with Crippen LogP contribution in [0.25, 0.3) is 0 Å². The van der Waals surface area contributed by atoms with Gasteiger partial charge in [-0.1, -0.05) is 0 Å². The van der Waals surface area contributed by atoms with Crippen molar-refractivity contribution in [2.24, 2.45) is 0 Å². The monoisotopic (exact) mass is 264 g/mol. The van der Waals surface area contributed by atoms with Crippen molar-refractivity contribution in [3.63, 3.8) is 0 Å². The molecule has 104 valence electrons. The molecule has 1 rings (SSSR count). The van der Waals surface area contributed by atoms with Crippen LogP contribution in [0.2, 0.25) is 0 Å². The number of amides is 2. The van der Waals surface area contributed by atoms with Gasteiger partial charge in [0.15, 0.2) is 0 Å². The van der Waals surface area contributed by atoms with Crippen LogP contribution >= 0.6 is 0 Å². The molecule has 0 saturated heterocycles. The minimum absolute atomic E-state index is 0.0480. The topological polar surface area (TPSA) is 83.1 Å². The lowest BCUT2D eigenvalue weighted by Crippen LogP contribution is -2.40. The summed E-state index contributed by atoms with van der Waals surface area (Å²) >= 11 is 0. The van der Waals surface area contributed by atoms with Crippen LogP contribution in [0.5, 0.6) is 0 Å². The smallest absolute Gasteiger partial charge is 0.270 e. The van der Waals surface area contributed by atoms with E-state index >= 15 is 0 Å². The van der Waals surface area contributed by atoms with E-state index < -0.39 is 0 Å². The van der Waals surface area contributed by atoms with Gasteiger partial charge in [-0.2, -0.15) is 0 Å². The van der Waals surface area contributed by atoms with Crippen LogP contribution in [0.15, 0.2) is 18.3 Å². The summed E-state index contributed by atoms with van der Waals surface area (Å²) in [5.74, 6) is -0.574. The minimum Gasteiger partial charge on any atom is -0.384 e. The first kappa shape index (κ1) is 14.9. The first-order chi connectivity index (χ1) is 9.02. The van der Waals surface area contributed by atoms with E-state index in [0.29, 0.717) is 5.69 Å². The highest BCUT2D eigenvalue weighted by molar-refractivity contribution is 5.95. The Morgan fingerprint density at radius 3 is 2.58 bits per heavy atom. The van der Waals surface area contributed by atoms with E-state index in [2.05, 4.69) is 20.9 Å². The van der Waals surface area contributed by atoms with Gasteiger partial charge >= 0.3 is 0 Å². The molecule has 1 aromatic rings. The molecular weight excluding hydrogens is 244 g/mol. The predicted octanol–water partition coefficient (Wildman–Crippen LogP) is 0.768. The molecule has 0 aliphatic rings. The molecule has 19 heavy (non-hydrogen) atoms. The molecule has 2 amide bonds. The summed E-state index contributed by atoms with van der Waals surface area (Å²) in [7, 11) is 0. The summed E-state index contributed by atoms with van der Waals surface area (Å²) in [5.41, 5.74) is 1.15. The lowest BCUT2D eigenvalue weighted by molar-refractivity contribution is -0.120. The lowest BCUT2D eigenvalue weighted by Gasteiger charge is -2.09. The molecule has 0 spiro atoms. The summed E-state index contributed by atoms with van der Waals surface area (Å²) in [6, 6.07) is 3.45. The second-order valence-corrected chi connectivity index (χ2v) is 4.37. The van der Waals surface area contributed by atoms with Gasteiger partial charge in [0.05, 0.1) is 18.4 Å². The Hall–Kier alpha value is -2.11. The van der Waals surface area contributed by atoms with Crippen molar-refractivity contribution in [1.82, 2.24) is 15.6 Å². The molecule has 0 atom stereocenters. The Balaban J connectivity index is 2.47. The first-order valence-electron chi connectivity index (χ1n) is 6.30. The van der Waals surface area contributed by atoms with Crippen molar-refractivity contribution in [3.8, 4) is 0 Å². The molecule has 0 aromatic carbocycles. The quantitative estimate of drug-likeness (QED) is 0.708. The zero-order chi connectivity index (χ0) is 14.3. The molecule has 6 heteroatoms. The van der Waals surface area contributed by atoms with E-state index in [1.54, 1.807) is 18.3 Å². The van der Waals surface area contributed by atoms with Crippen LogP contribution < -0.4 is 16.0 Å². The van der Waals surface area contributed by atoms with Gasteiger partial charge in [0.1, 0.15) is 5.69 Å². The predicted molar refractivity (Wildman–Crippen MR) is 74.0 cm³/mol. The molecule has 0 aliphatic heterocycles. The second-order valence-electron chi connectivity index (χ2n) is 4.37. The molecule has 1 heterocycles. The van der Waals surface area contributed by atoms with E-state index in [9.17, 15) is 9.59 Å². The minimum atomic E-state index is -0.359. The summed E-state index contributed by atoms with van der Waals surface area (Å²) in [5, 5.41) is 8.30. The highest BCUT2D eigenvalue weighted by Crippen LogP contribution is 2.05. The van der Waals surface area contributed by atoms with Crippen molar-refractivity contribution in [2.75, 3.05) is 18.4 Å². The summed E-state index contributed by atoms with van der Waals surface area (Å²) in [6.45, 7) is 6.45. The lowest BCUT2D eigenvalue weighted by atomic mass is 10.3. The highest BCUT2D eigenvalue weighted by Gasteiger charge is 2.09. The van der Waals surface area contributed by atoms with Crippen LogP contribution in [0, 0.1) is 0 Å². The van der Waals surface area contributed by atoms with E-state index in [1.807, 2.05) is 20.8 Å². The molecule has 0 unspecified atom stereocenters. The maximum Gasteiger partial charge on any atom is 0.270 e. The summed E-state index contributed by atoms with van der Waals surface area (Å²) < 4.78 is 0. The SMILES string of the molecule is CCNc1ccc(C(=O)NCC(=O)NC(C)C)nc1. The van der Waals surface area contributed by atoms with Gasteiger partial charge in [0.25, 0.3) is 5.91 Å². The number of aromatic nitrogens is 1. The van der Waals surface area contributed by atoms with Crippen LogP contribution in [0.3, 0.4) is 0 Å². The number of carbonyl (C=O) groups excluding carboxylic acids is 2. The molecule has 0 fully saturated rings. The molecule has 0 radical (unpaired) electrons. The molecule has 0 saturated carbocycles. The van der Waals surface area contributed by atoms with Crippen molar-refractivity contribution in [1.29, 1.82) is 0 Å². The van der Waals surface area contributed by atoms with E-state index in [0.717, 1.165) is 12.2 Å². The van der Waals surface area contributed by atoms with Crippen molar-refractivity contribution >= 4 is 17.5 Å². The normalized spacial score (nSPS) is 10.1. The number of hydrogen-bond donors (Lipinski definition) is 3. The fraction of sp³-hybridized carbons (Fsp3) is 0.462. The number of hydrogen-bond acceptors (Lipinski definition) is 4. The third-order valence-corrected chi connectivity index (χ3v) is 2.24. The molecule has 1 aromatic heterocycles. The van der Waals surface area contributed by atoms with E-state index in [-0.39, 0.29) is 24.4 Å². The van der Waals surface area contributed by atoms with Gasteiger partial charge in [-0.25, -0.2) is 4.98 Å². The average Bonchev–Trinajstić information content (AvgIpc) is 2.36. The van der Waals surface area contributed by atoms with Crippen molar-refractivity contribution < 1.29 is 9.59 Å². The van der Waals surface area contributed by atoms with Gasteiger partial charge in [0.2, 0.25) is 5.91 Å². The largest absolute Gasteiger partial charge is 0.384 e. The molecule has 6 nitrogen and oxygen atoms in total. The maximum absolute atomic E-state index is 11.7. The van der Waals surface area contributed by atoms with Crippen LogP contribution in [0.4, 0.5) is 5.69 Å². The maximum atomic E-state index is 11.7. The molecule has 0 bridgehead atoms. The summed E-state index contributed by atoms with van der Waals surface area (Å²) in [4.78, 5) is 27.1. The highest BCUT2D eigenvalue weighted by atomic mass is 16.2. The standard InChI is InChI=1S/C13H20N4O2/c1-4-14-10-5-6-11(15-7-10)13(19)16-8-12(18)17-9(2)3/h5-7,9,14H,4,8H2,1-3H3,(H,16,19)(H,17,18). The summed E-state index contributed by atoms with van der Waals surface area (Å²) in [6.07, 6.45) is 1.59. The van der Waals surface area contributed by atoms with E-state index in [1.165, 1.54) is 0 Å². The number of nitrogens with zero attached hydrogens (tertiary/aromatic N) is 1. The average molecular weight is 264 g/mol. The van der Waals surface area contributed by atoms with Gasteiger partial charge in [-0.05, 0) is 32.9 Å². The Bertz CT molecular complexity index is 429. The second kappa shape index (κ2) is 7.35. The first-order valence-corrected chi connectivity index (χ1v) is 6.30. The van der Waals surface area contributed by atoms with Crippen LogP contribution in [0.1, 0.15) is 31.3 Å². The zero-order valence-electron chi connectivity index (χ0n) is 11.5. The Morgan fingerprint density at radius 2 is 2.05 bits per heavy atom. The van der Waals surface area contributed by atoms with Crippen molar-refractivity contribution in [3.05, 3.63) is 24.0 Å². The number of anilines is 1. The van der Waals surface area contributed by atoms with Gasteiger partial charge in [-0.15, -0.1) is 0 Å². The third kappa shape index (κ3) is 5.37. The van der Waals surface area contributed by atoms with Crippen LogP contribution in [-0.4, -0.2) is 35.9 Å². The van der Waals surface area contributed by atoms with Gasteiger partial charge in [-0.3, -0.25) is 9.59 Å². The van der Waals surface area contributed by atoms with E-state index in [4.69, 9.17) is 0 Å². The fourth-order valence-electron chi connectivity index (χ4n) is 1.46. The van der Waals surface area contributed by atoms with Crippen molar-refractivity contribution in [2.45, 2.75) is 26.8 Å². The molecular formula is C13H20N4O2. The number of nitrogens with one attached hydrogen (secondary N) is 3. The van der Waals surface area contributed by atoms with Gasteiger partial charge < -0.3 is 16.0 Å². The molecule has 0 aliphatic carbocycles. The Morgan fingerprint density at radius 1 is 1.32 bits per heavy atom. The Kier molecular flexibility index (Phi) is 5.78. The van der Waals surface area contributed by atoms with Gasteiger partial charge in [0, 0.05) is 12.6 Å².